The van der Waals surface area contributed by atoms with Crippen LogP contribution in [0.4, 0.5) is 0 Å². The lowest BCUT2D eigenvalue weighted by atomic mass is 10.2. The molecule has 19 heavy (non-hydrogen) atoms. The van der Waals surface area contributed by atoms with Crippen molar-refractivity contribution in [1.29, 1.82) is 0 Å². The van der Waals surface area contributed by atoms with Gasteiger partial charge in [0.15, 0.2) is 0 Å². The number of esters is 1. The van der Waals surface area contributed by atoms with Crippen LogP contribution in [0.25, 0.3) is 0 Å². The van der Waals surface area contributed by atoms with E-state index in [4.69, 9.17) is 9.47 Å². The molecule has 0 aliphatic heterocycles. The standard InChI is InChI=1S/C15H16O3S/c1-3-15(16)18-11-4-10-17-14-7-5-13(6-8-14)9-12-19-2/h3,5-8H,1,4,10-11H2,2H3. The second kappa shape index (κ2) is 9.12. The smallest absolute Gasteiger partial charge is 0.330 e. The maximum atomic E-state index is 10.8. The molecule has 100 valence electrons. The van der Waals surface area contributed by atoms with Crippen molar-refractivity contribution in [3.05, 3.63) is 42.5 Å². The Morgan fingerprint density at radius 1 is 1.37 bits per heavy atom. The highest BCUT2D eigenvalue weighted by Crippen LogP contribution is 2.12. The summed E-state index contributed by atoms with van der Waals surface area (Å²) >= 11 is 1.48. The Hall–Kier alpha value is -1.86. The van der Waals surface area contributed by atoms with Gasteiger partial charge in [-0.25, -0.2) is 4.79 Å². The average Bonchev–Trinajstić information content (AvgIpc) is 2.45. The van der Waals surface area contributed by atoms with Crippen LogP contribution in [0.1, 0.15) is 12.0 Å². The van der Waals surface area contributed by atoms with Gasteiger partial charge in [0, 0.05) is 18.1 Å². The lowest BCUT2D eigenvalue weighted by molar-refractivity contribution is -0.137. The van der Waals surface area contributed by atoms with Crippen molar-refractivity contribution >= 4 is 17.7 Å². The summed E-state index contributed by atoms with van der Waals surface area (Å²) in [6.45, 7) is 4.15. The molecule has 0 saturated heterocycles. The molecule has 1 aromatic rings. The number of carbonyl (C=O) groups excluding carboxylic acids is 1. The van der Waals surface area contributed by atoms with Gasteiger partial charge in [-0.05, 0) is 35.8 Å². The number of hydrogen-bond acceptors (Lipinski definition) is 4. The maximum Gasteiger partial charge on any atom is 0.330 e. The Morgan fingerprint density at radius 2 is 2.11 bits per heavy atom. The third kappa shape index (κ3) is 6.58. The molecule has 0 amide bonds. The van der Waals surface area contributed by atoms with Crippen LogP contribution in [0.2, 0.25) is 0 Å². The molecule has 0 unspecified atom stereocenters. The van der Waals surface area contributed by atoms with E-state index in [0.717, 1.165) is 17.4 Å². The molecule has 4 heteroatoms. The van der Waals surface area contributed by atoms with Gasteiger partial charge >= 0.3 is 5.97 Å². The number of benzene rings is 1. The van der Waals surface area contributed by atoms with Gasteiger partial charge in [0.1, 0.15) is 5.75 Å². The molecule has 3 nitrogen and oxygen atoms in total. The molecule has 0 saturated carbocycles. The van der Waals surface area contributed by atoms with Gasteiger partial charge in [-0.1, -0.05) is 24.3 Å². The van der Waals surface area contributed by atoms with Crippen LogP contribution in [0, 0.1) is 11.2 Å². The summed E-state index contributed by atoms with van der Waals surface area (Å²) in [5.41, 5.74) is 0.960. The summed E-state index contributed by atoms with van der Waals surface area (Å²) in [4.78, 5) is 10.8. The van der Waals surface area contributed by atoms with Crippen LogP contribution < -0.4 is 4.74 Å². The van der Waals surface area contributed by atoms with E-state index in [1.165, 1.54) is 11.8 Å². The molecule has 0 aliphatic carbocycles. The van der Waals surface area contributed by atoms with Gasteiger partial charge < -0.3 is 9.47 Å². The highest BCUT2D eigenvalue weighted by Gasteiger charge is 1.97. The van der Waals surface area contributed by atoms with Crippen LogP contribution in [0.3, 0.4) is 0 Å². The number of hydrogen-bond donors (Lipinski definition) is 0. The monoisotopic (exact) mass is 276 g/mol. The first-order valence-electron chi connectivity index (χ1n) is 5.82. The Labute approximate surface area is 118 Å². The van der Waals surface area contributed by atoms with Crippen molar-refractivity contribution < 1.29 is 14.3 Å². The minimum atomic E-state index is -0.406. The summed E-state index contributed by atoms with van der Waals surface area (Å²) in [5.74, 6) is 3.38. The highest BCUT2D eigenvalue weighted by atomic mass is 32.2. The minimum absolute atomic E-state index is 0.335. The minimum Gasteiger partial charge on any atom is -0.493 e. The topological polar surface area (TPSA) is 35.5 Å². The van der Waals surface area contributed by atoms with E-state index in [9.17, 15) is 4.79 Å². The van der Waals surface area contributed by atoms with E-state index in [1.807, 2.05) is 30.5 Å². The summed E-state index contributed by atoms with van der Waals surface area (Å²) in [6, 6.07) is 7.58. The lowest BCUT2D eigenvalue weighted by Crippen LogP contribution is -2.06. The van der Waals surface area contributed by atoms with Crippen LogP contribution in [0.15, 0.2) is 36.9 Å². The van der Waals surface area contributed by atoms with E-state index >= 15 is 0 Å². The quantitative estimate of drug-likeness (QED) is 0.346. The number of thioether (sulfide) groups is 1. The van der Waals surface area contributed by atoms with Gasteiger partial charge in [-0.3, -0.25) is 0 Å². The van der Waals surface area contributed by atoms with Crippen molar-refractivity contribution in [1.82, 2.24) is 0 Å². The Balaban J connectivity index is 2.26. The SMILES string of the molecule is C=CC(=O)OCCCOc1ccc(C#CSC)cc1. The van der Waals surface area contributed by atoms with E-state index < -0.39 is 5.97 Å². The van der Waals surface area contributed by atoms with Crippen molar-refractivity contribution in [2.24, 2.45) is 0 Å². The Bertz CT molecular complexity index is 468. The molecular weight excluding hydrogens is 260 g/mol. The third-order valence-corrected chi connectivity index (χ3v) is 2.43. The normalized spacial score (nSPS) is 9.11. The van der Waals surface area contributed by atoms with Gasteiger partial charge in [-0.15, -0.1) is 0 Å². The van der Waals surface area contributed by atoms with Crippen molar-refractivity contribution in [2.45, 2.75) is 6.42 Å². The summed E-state index contributed by atoms with van der Waals surface area (Å²) in [6.07, 6.45) is 3.73. The van der Waals surface area contributed by atoms with Gasteiger partial charge in [0.25, 0.3) is 0 Å². The first-order valence-corrected chi connectivity index (χ1v) is 7.05. The molecule has 0 heterocycles. The van der Waals surface area contributed by atoms with E-state index in [2.05, 4.69) is 17.8 Å². The summed E-state index contributed by atoms with van der Waals surface area (Å²) in [7, 11) is 0. The number of ether oxygens (including phenoxy) is 2. The lowest BCUT2D eigenvalue weighted by Gasteiger charge is -2.06. The first-order chi connectivity index (χ1) is 9.26. The number of carbonyl (C=O) groups is 1. The fraction of sp³-hybridized carbons (Fsp3) is 0.267. The van der Waals surface area contributed by atoms with Gasteiger partial charge in [-0.2, -0.15) is 0 Å². The molecule has 0 atom stereocenters. The summed E-state index contributed by atoms with van der Waals surface area (Å²) in [5, 5.41) is 2.93. The predicted molar refractivity (Wildman–Crippen MR) is 78.1 cm³/mol. The molecule has 0 aliphatic rings. The molecule has 0 radical (unpaired) electrons. The van der Waals surface area contributed by atoms with Gasteiger partial charge in [0.05, 0.1) is 13.2 Å². The molecule has 0 spiro atoms. The van der Waals surface area contributed by atoms with Crippen LogP contribution >= 0.6 is 11.8 Å². The zero-order chi connectivity index (χ0) is 13.9. The molecule has 0 aromatic heterocycles. The third-order valence-electron chi connectivity index (χ3n) is 2.12. The zero-order valence-electron chi connectivity index (χ0n) is 10.8. The van der Waals surface area contributed by atoms with E-state index in [-0.39, 0.29) is 0 Å². The van der Waals surface area contributed by atoms with Crippen LogP contribution in [-0.4, -0.2) is 25.4 Å². The Kier molecular flexibility index (Phi) is 7.30. The largest absolute Gasteiger partial charge is 0.493 e. The fourth-order valence-corrected chi connectivity index (χ4v) is 1.44. The second-order valence-corrected chi connectivity index (χ2v) is 4.14. The highest BCUT2D eigenvalue weighted by molar-refractivity contribution is 8.03. The zero-order valence-corrected chi connectivity index (χ0v) is 11.7. The first kappa shape index (κ1) is 15.2. The predicted octanol–water partition coefficient (Wildman–Crippen LogP) is 2.86. The van der Waals surface area contributed by atoms with Crippen molar-refractivity contribution in [3.63, 3.8) is 0 Å². The molecule has 0 N–H and O–H groups in total. The van der Waals surface area contributed by atoms with Crippen molar-refractivity contribution in [2.75, 3.05) is 19.5 Å². The second-order valence-electron chi connectivity index (χ2n) is 3.53. The van der Waals surface area contributed by atoms with Crippen LogP contribution in [-0.2, 0) is 9.53 Å². The van der Waals surface area contributed by atoms with Crippen molar-refractivity contribution in [3.8, 4) is 16.9 Å². The molecule has 1 rings (SSSR count). The summed E-state index contributed by atoms with van der Waals surface area (Å²) < 4.78 is 10.3. The molecular formula is C15H16O3S. The van der Waals surface area contributed by atoms with Gasteiger partial charge in [0.2, 0.25) is 0 Å². The molecule has 1 aromatic carbocycles. The molecule has 0 fully saturated rings. The molecule has 0 bridgehead atoms. The van der Waals surface area contributed by atoms with E-state index in [0.29, 0.717) is 19.6 Å². The fourth-order valence-electron chi connectivity index (χ4n) is 1.23. The Morgan fingerprint density at radius 3 is 2.74 bits per heavy atom. The number of rotatable bonds is 6. The average molecular weight is 276 g/mol. The van der Waals surface area contributed by atoms with Crippen LogP contribution in [0.5, 0.6) is 5.75 Å². The van der Waals surface area contributed by atoms with E-state index in [1.54, 1.807) is 0 Å². The maximum absolute atomic E-state index is 10.8.